The van der Waals surface area contributed by atoms with Crippen molar-refractivity contribution in [1.29, 1.82) is 0 Å². The number of pyridine rings is 1. The van der Waals surface area contributed by atoms with Crippen molar-refractivity contribution in [3.8, 4) is 11.5 Å². The predicted octanol–water partition coefficient (Wildman–Crippen LogP) is 1.91. The molecule has 0 amide bonds. The number of aromatic amines is 1. The summed E-state index contributed by atoms with van der Waals surface area (Å²) < 4.78 is 0. The number of aromatic nitrogens is 4. The molecule has 0 aliphatic carbocycles. The van der Waals surface area contributed by atoms with E-state index in [1.54, 1.807) is 6.20 Å². The van der Waals surface area contributed by atoms with Crippen LogP contribution in [0.5, 0.6) is 0 Å². The Kier molecular flexibility index (Phi) is 3.04. The summed E-state index contributed by atoms with van der Waals surface area (Å²) in [7, 11) is 0. The molecule has 5 heteroatoms. The molecule has 2 heterocycles. The van der Waals surface area contributed by atoms with Crippen LogP contribution in [-0.2, 0) is 0 Å². The molecule has 0 saturated heterocycles. The summed E-state index contributed by atoms with van der Waals surface area (Å²) in [6.07, 6.45) is 1.71. The van der Waals surface area contributed by atoms with Crippen molar-refractivity contribution in [2.45, 2.75) is 6.04 Å². The van der Waals surface area contributed by atoms with E-state index in [4.69, 9.17) is 5.73 Å². The number of hydrogen-bond acceptors (Lipinski definition) is 4. The fourth-order valence-corrected chi connectivity index (χ4v) is 1.84. The Morgan fingerprint density at radius 3 is 2.53 bits per heavy atom. The second kappa shape index (κ2) is 4.99. The molecule has 19 heavy (non-hydrogen) atoms. The van der Waals surface area contributed by atoms with E-state index in [1.165, 1.54) is 0 Å². The first-order chi connectivity index (χ1) is 9.34. The molecule has 0 bridgehead atoms. The summed E-state index contributed by atoms with van der Waals surface area (Å²) in [6.45, 7) is 0. The molecular formula is C14H13N5. The molecule has 0 aliphatic rings. The van der Waals surface area contributed by atoms with Gasteiger partial charge in [0.2, 0.25) is 0 Å². The molecule has 3 rings (SSSR count). The minimum Gasteiger partial charge on any atom is -0.318 e. The minimum absolute atomic E-state index is 0.314. The largest absolute Gasteiger partial charge is 0.318 e. The second-order valence-electron chi connectivity index (χ2n) is 4.15. The van der Waals surface area contributed by atoms with Crippen LogP contribution in [-0.4, -0.2) is 20.2 Å². The monoisotopic (exact) mass is 251 g/mol. The lowest BCUT2D eigenvalue weighted by Gasteiger charge is -2.07. The van der Waals surface area contributed by atoms with E-state index in [0.29, 0.717) is 11.6 Å². The zero-order valence-corrected chi connectivity index (χ0v) is 10.2. The Morgan fingerprint density at radius 2 is 1.79 bits per heavy atom. The van der Waals surface area contributed by atoms with Gasteiger partial charge in [0.25, 0.3) is 0 Å². The Labute approximate surface area is 110 Å². The highest BCUT2D eigenvalue weighted by Gasteiger charge is 2.14. The van der Waals surface area contributed by atoms with Gasteiger partial charge in [0, 0.05) is 6.20 Å². The highest BCUT2D eigenvalue weighted by molar-refractivity contribution is 5.47. The van der Waals surface area contributed by atoms with Crippen molar-refractivity contribution in [3.63, 3.8) is 0 Å². The normalized spacial score (nSPS) is 12.3. The third-order valence-corrected chi connectivity index (χ3v) is 2.85. The summed E-state index contributed by atoms with van der Waals surface area (Å²) in [6, 6.07) is 15.1. The number of nitrogens with two attached hydrogens (primary N) is 1. The number of rotatable bonds is 3. The molecule has 0 fully saturated rings. The Balaban J connectivity index is 1.90. The van der Waals surface area contributed by atoms with Crippen molar-refractivity contribution in [2.75, 3.05) is 0 Å². The Morgan fingerprint density at radius 1 is 1.00 bits per heavy atom. The highest BCUT2D eigenvalue weighted by Crippen LogP contribution is 2.18. The van der Waals surface area contributed by atoms with Crippen LogP contribution in [0.2, 0.25) is 0 Å². The van der Waals surface area contributed by atoms with Gasteiger partial charge in [0.05, 0.1) is 6.04 Å². The zero-order chi connectivity index (χ0) is 13.1. The number of benzene rings is 1. The molecule has 1 aromatic carbocycles. The smallest absolute Gasteiger partial charge is 0.199 e. The molecule has 0 saturated carbocycles. The maximum atomic E-state index is 6.15. The van der Waals surface area contributed by atoms with Gasteiger partial charge in [-0.05, 0) is 17.7 Å². The van der Waals surface area contributed by atoms with Gasteiger partial charge in [-0.25, -0.2) is 4.98 Å². The van der Waals surface area contributed by atoms with E-state index in [2.05, 4.69) is 20.2 Å². The van der Waals surface area contributed by atoms with Crippen LogP contribution in [0.3, 0.4) is 0 Å². The minimum atomic E-state index is -0.314. The average Bonchev–Trinajstić information content (AvgIpc) is 2.98. The lowest BCUT2D eigenvalue weighted by atomic mass is 10.1. The van der Waals surface area contributed by atoms with Crippen LogP contribution >= 0.6 is 0 Å². The van der Waals surface area contributed by atoms with Gasteiger partial charge in [-0.15, -0.1) is 0 Å². The molecule has 94 valence electrons. The quantitative estimate of drug-likeness (QED) is 0.745. The number of nitrogens with zero attached hydrogens (tertiary/aromatic N) is 3. The maximum Gasteiger partial charge on any atom is 0.199 e. The van der Waals surface area contributed by atoms with Gasteiger partial charge in [-0.1, -0.05) is 36.4 Å². The van der Waals surface area contributed by atoms with E-state index in [-0.39, 0.29) is 6.04 Å². The van der Waals surface area contributed by atoms with E-state index < -0.39 is 0 Å². The van der Waals surface area contributed by atoms with E-state index in [0.717, 1.165) is 11.3 Å². The summed E-state index contributed by atoms with van der Waals surface area (Å²) >= 11 is 0. The number of nitrogens with one attached hydrogen (secondary N) is 1. The third kappa shape index (κ3) is 2.36. The van der Waals surface area contributed by atoms with Crippen LogP contribution in [0.15, 0.2) is 54.7 Å². The first-order valence-corrected chi connectivity index (χ1v) is 5.99. The van der Waals surface area contributed by atoms with Gasteiger partial charge >= 0.3 is 0 Å². The fraction of sp³-hybridized carbons (Fsp3) is 0.0714. The van der Waals surface area contributed by atoms with Gasteiger partial charge in [0.15, 0.2) is 5.82 Å². The average molecular weight is 251 g/mol. The van der Waals surface area contributed by atoms with Crippen LogP contribution < -0.4 is 5.73 Å². The lowest BCUT2D eigenvalue weighted by Crippen LogP contribution is -2.13. The first-order valence-electron chi connectivity index (χ1n) is 5.99. The van der Waals surface area contributed by atoms with Crippen LogP contribution in [0.1, 0.15) is 17.4 Å². The summed E-state index contributed by atoms with van der Waals surface area (Å²) in [5.41, 5.74) is 7.87. The van der Waals surface area contributed by atoms with Crippen molar-refractivity contribution in [2.24, 2.45) is 5.73 Å². The van der Waals surface area contributed by atoms with Crippen molar-refractivity contribution < 1.29 is 0 Å². The molecule has 3 N–H and O–H groups in total. The summed E-state index contributed by atoms with van der Waals surface area (Å²) in [5, 5.41) is 7.03. The maximum absolute atomic E-state index is 6.15. The van der Waals surface area contributed by atoms with Gasteiger partial charge in [-0.2, -0.15) is 5.10 Å². The molecule has 0 spiro atoms. The van der Waals surface area contributed by atoms with Gasteiger partial charge < -0.3 is 5.73 Å². The van der Waals surface area contributed by atoms with E-state index in [9.17, 15) is 0 Å². The van der Waals surface area contributed by atoms with Crippen molar-refractivity contribution in [1.82, 2.24) is 20.2 Å². The Bertz CT molecular complexity index is 648. The second-order valence-corrected chi connectivity index (χ2v) is 4.15. The predicted molar refractivity (Wildman–Crippen MR) is 72.1 cm³/mol. The fourth-order valence-electron chi connectivity index (χ4n) is 1.84. The molecular weight excluding hydrogens is 238 g/mol. The van der Waals surface area contributed by atoms with Crippen molar-refractivity contribution in [3.05, 3.63) is 66.1 Å². The topological polar surface area (TPSA) is 80.5 Å². The molecule has 3 aromatic rings. The molecule has 0 radical (unpaired) electrons. The summed E-state index contributed by atoms with van der Waals surface area (Å²) in [5.74, 6) is 1.19. The van der Waals surface area contributed by atoms with E-state index in [1.807, 2.05) is 48.5 Å². The molecule has 0 aliphatic heterocycles. The standard InChI is InChI=1S/C14H13N5/c15-12(10-6-2-1-3-7-10)14-17-13(18-19-14)11-8-4-5-9-16-11/h1-9,12H,15H2,(H,17,18,19). The first kappa shape index (κ1) is 11.6. The third-order valence-electron chi connectivity index (χ3n) is 2.85. The summed E-state index contributed by atoms with van der Waals surface area (Å²) in [4.78, 5) is 8.61. The SMILES string of the molecule is NC(c1ccccc1)c1nc(-c2ccccn2)n[nH]1. The van der Waals surface area contributed by atoms with Crippen LogP contribution in [0, 0.1) is 0 Å². The van der Waals surface area contributed by atoms with E-state index >= 15 is 0 Å². The zero-order valence-electron chi connectivity index (χ0n) is 10.2. The molecule has 1 atom stereocenters. The Hall–Kier alpha value is -2.53. The van der Waals surface area contributed by atoms with Crippen LogP contribution in [0.4, 0.5) is 0 Å². The van der Waals surface area contributed by atoms with Crippen molar-refractivity contribution >= 4 is 0 Å². The van der Waals surface area contributed by atoms with Gasteiger partial charge in [-0.3, -0.25) is 10.1 Å². The molecule has 2 aromatic heterocycles. The van der Waals surface area contributed by atoms with Gasteiger partial charge in [0.1, 0.15) is 11.5 Å². The van der Waals surface area contributed by atoms with Crippen LogP contribution in [0.25, 0.3) is 11.5 Å². The lowest BCUT2D eigenvalue weighted by molar-refractivity contribution is 0.787. The number of hydrogen-bond donors (Lipinski definition) is 2. The highest BCUT2D eigenvalue weighted by atomic mass is 15.2. The molecule has 1 unspecified atom stereocenters. The molecule has 5 nitrogen and oxygen atoms in total. The number of H-pyrrole nitrogens is 1.